The van der Waals surface area contributed by atoms with E-state index in [1.807, 2.05) is 0 Å². The fourth-order valence-corrected chi connectivity index (χ4v) is 2.58. The van der Waals surface area contributed by atoms with Gasteiger partial charge in [-0.15, -0.1) is 0 Å². The topological polar surface area (TPSA) is 53.1 Å². The van der Waals surface area contributed by atoms with Crippen molar-refractivity contribution in [1.29, 1.82) is 0 Å². The van der Waals surface area contributed by atoms with Crippen molar-refractivity contribution < 1.29 is 9.90 Å². The molecule has 2 aliphatic carbocycles. The molecule has 80 valence electrons. The van der Waals surface area contributed by atoms with Crippen LogP contribution in [0, 0.1) is 0 Å². The first-order chi connectivity index (χ1) is 7.22. The number of aromatic nitrogens is 1. The zero-order valence-electron chi connectivity index (χ0n) is 8.68. The van der Waals surface area contributed by atoms with Crippen LogP contribution in [0.1, 0.15) is 42.6 Å². The quantitative estimate of drug-likeness (QED) is 0.776. The fourth-order valence-electron chi connectivity index (χ4n) is 2.58. The Morgan fingerprint density at radius 2 is 2.07 bits per heavy atom. The summed E-state index contributed by atoms with van der Waals surface area (Å²) in [6.45, 7) is 0. The van der Waals surface area contributed by atoms with Crippen molar-refractivity contribution >= 4 is 5.97 Å². The molecule has 0 aromatic carbocycles. The summed E-state index contributed by atoms with van der Waals surface area (Å²) in [6.07, 6.45) is 6.26. The highest BCUT2D eigenvalue weighted by Crippen LogP contribution is 2.48. The third kappa shape index (κ3) is 1.22. The molecular weight excluding hydrogens is 190 g/mol. The van der Waals surface area contributed by atoms with E-state index in [4.69, 9.17) is 0 Å². The Labute approximate surface area is 88.5 Å². The molecular formula is C12H15NO2. The molecule has 1 saturated carbocycles. The lowest BCUT2D eigenvalue weighted by molar-refractivity contribution is -0.140. The van der Waals surface area contributed by atoms with Gasteiger partial charge in [-0.2, -0.15) is 0 Å². The maximum Gasteiger partial charge on any atom is 0.315 e. The molecule has 3 nitrogen and oxygen atoms in total. The van der Waals surface area contributed by atoms with E-state index in [1.165, 1.54) is 24.1 Å². The number of carboxylic acids is 1. The molecule has 0 unspecified atom stereocenters. The summed E-state index contributed by atoms with van der Waals surface area (Å²) in [5.74, 6) is -0.666. The summed E-state index contributed by atoms with van der Waals surface area (Å²) in [6, 6.07) is 2.09. The Bertz CT molecular complexity index is 392. The van der Waals surface area contributed by atoms with E-state index in [9.17, 15) is 9.90 Å². The molecule has 1 heterocycles. The van der Waals surface area contributed by atoms with Crippen LogP contribution in [-0.4, -0.2) is 16.1 Å². The second kappa shape index (κ2) is 2.87. The number of rotatable bonds is 2. The maximum absolute atomic E-state index is 11.2. The Hall–Kier alpha value is -1.25. The molecule has 0 saturated heterocycles. The molecule has 15 heavy (non-hydrogen) atoms. The zero-order chi connectivity index (χ0) is 10.5. The lowest BCUT2D eigenvalue weighted by Gasteiger charge is -2.09. The van der Waals surface area contributed by atoms with Crippen LogP contribution < -0.4 is 0 Å². The molecule has 1 aromatic heterocycles. The van der Waals surface area contributed by atoms with Crippen molar-refractivity contribution in [3.63, 3.8) is 0 Å². The van der Waals surface area contributed by atoms with Crippen LogP contribution >= 0.6 is 0 Å². The molecule has 2 aliphatic rings. The number of hydrogen-bond donors (Lipinski definition) is 2. The van der Waals surface area contributed by atoms with Gasteiger partial charge in [0.15, 0.2) is 0 Å². The van der Waals surface area contributed by atoms with Crippen molar-refractivity contribution in [2.45, 2.75) is 43.9 Å². The molecule has 1 aromatic rings. The molecule has 1 fully saturated rings. The first-order valence-corrected chi connectivity index (χ1v) is 5.67. The molecule has 2 N–H and O–H groups in total. The first-order valence-electron chi connectivity index (χ1n) is 5.67. The molecule has 0 atom stereocenters. The number of carbonyl (C=O) groups is 1. The number of nitrogens with one attached hydrogen (secondary N) is 1. The van der Waals surface area contributed by atoms with Crippen LogP contribution in [-0.2, 0) is 23.1 Å². The molecule has 0 amide bonds. The molecule has 3 heteroatoms. The highest BCUT2D eigenvalue weighted by atomic mass is 16.4. The Morgan fingerprint density at radius 1 is 1.33 bits per heavy atom. The third-order valence-corrected chi connectivity index (χ3v) is 3.79. The maximum atomic E-state index is 11.2. The normalized spacial score (nSPS) is 22.1. The van der Waals surface area contributed by atoms with Gasteiger partial charge >= 0.3 is 5.97 Å². The summed E-state index contributed by atoms with van der Waals surface area (Å²) in [7, 11) is 0. The average Bonchev–Trinajstić information content (AvgIpc) is 2.93. The van der Waals surface area contributed by atoms with Gasteiger partial charge in [0.25, 0.3) is 0 Å². The summed E-state index contributed by atoms with van der Waals surface area (Å²) in [4.78, 5) is 14.5. The molecule has 0 radical (unpaired) electrons. The average molecular weight is 205 g/mol. The fraction of sp³-hybridized carbons (Fsp3) is 0.583. The first kappa shape index (κ1) is 9.01. The zero-order valence-corrected chi connectivity index (χ0v) is 8.68. The summed E-state index contributed by atoms with van der Waals surface area (Å²) < 4.78 is 0. The monoisotopic (exact) mass is 205 g/mol. The van der Waals surface area contributed by atoms with Gasteiger partial charge < -0.3 is 10.1 Å². The smallest absolute Gasteiger partial charge is 0.315 e. The highest BCUT2D eigenvalue weighted by Gasteiger charge is 2.53. The number of H-pyrrole nitrogens is 1. The van der Waals surface area contributed by atoms with Crippen LogP contribution in [0.25, 0.3) is 0 Å². The number of aromatic amines is 1. The minimum absolute atomic E-state index is 0.558. The van der Waals surface area contributed by atoms with Crippen LogP contribution in [0.5, 0.6) is 0 Å². The molecule has 0 spiro atoms. The number of hydrogen-bond acceptors (Lipinski definition) is 1. The van der Waals surface area contributed by atoms with E-state index >= 15 is 0 Å². The Balaban J connectivity index is 1.99. The molecule has 3 rings (SSSR count). The van der Waals surface area contributed by atoms with Crippen LogP contribution in [0.4, 0.5) is 0 Å². The number of aliphatic carboxylic acids is 1. The van der Waals surface area contributed by atoms with Crippen molar-refractivity contribution in [2.75, 3.05) is 0 Å². The van der Waals surface area contributed by atoms with Gasteiger partial charge in [0.2, 0.25) is 0 Å². The van der Waals surface area contributed by atoms with Gasteiger partial charge in [-0.25, -0.2) is 0 Å². The SMILES string of the molecule is O=C(O)C1(c2cc3c([nH]2)CCCC3)CC1. The van der Waals surface area contributed by atoms with Gasteiger partial charge in [0, 0.05) is 11.4 Å². The summed E-state index contributed by atoms with van der Waals surface area (Å²) in [5, 5.41) is 9.20. The van der Waals surface area contributed by atoms with Crippen molar-refractivity contribution in [1.82, 2.24) is 4.98 Å². The van der Waals surface area contributed by atoms with Gasteiger partial charge in [-0.1, -0.05) is 0 Å². The Morgan fingerprint density at radius 3 is 2.67 bits per heavy atom. The number of aryl methyl sites for hydroxylation is 2. The van der Waals surface area contributed by atoms with Gasteiger partial charge in [-0.05, 0) is 50.2 Å². The van der Waals surface area contributed by atoms with Crippen LogP contribution in [0.15, 0.2) is 6.07 Å². The van der Waals surface area contributed by atoms with E-state index in [1.54, 1.807) is 0 Å². The largest absolute Gasteiger partial charge is 0.481 e. The number of fused-ring (bicyclic) bond motifs is 1. The second-order valence-electron chi connectivity index (χ2n) is 4.78. The number of carboxylic acid groups (broad SMARTS) is 1. The van der Waals surface area contributed by atoms with E-state index in [0.29, 0.717) is 0 Å². The van der Waals surface area contributed by atoms with Crippen molar-refractivity contribution in [3.8, 4) is 0 Å². The van der Waals surface area contributed by atoms with Gasteiger partial charge in [0.05, 0.1) is 0 Å². The highest BCUT2D eigenvalue weighted by molar-refractivity contribution is 5.84. The van der Waals surface area contributed by atoms with E-state index in [2.05, 4.69) is 11.1 Å². The van der Waals surface area contributed by atoms with Crippen molar-refractivity contribution in [2.24, 2.45) is 0 Å². The predicted molar refractivity (Wildman–Crippen MR) is 56.0 cm³/mol. The standard InChI is InChI=1S/C12H15NO2/c14-11(15)12(5-6-12)10-7-8-3-1-2-4-9(8)13-10/h7,13H,1-6H2,(H,14,15). The predicted octanol–water partition coefficient (Wildman–Crippen LogP) is 2.01. The Kier molecular flexibility index (Phi) is 1.73. The van der Waals surface area contributed by atoms with Gasteiger partial charge in [-0.3, -0.25) is 4.79 Å². The lowest BCUT2D eigenvalue weighted by Crippen LogP contribution is -2.19. The van der Waals surface area contributed by atoms with Crippen LogP contribution in [0.2, 0.25) is 0 Å². The third-order valence-electron chi connectivity index (χ3n) is 3.79. The van der Waals surface area contributed by atoms with Crippen LogP contribution in [0.3, 0.4) is 0 Å². The minimum Gasteiger partial charge on any atom is -0.481 e. The van der Waals surface area contributed by atoms with E-state index < -0.39 is 11.4 Å². The lowest BCUT2D eigenvalue weighted by atomic mass is 9.97. The minimum atomic E-state index is -0.666. The summed E-state index contributed by atoms with van der Waals surface area (Å²) >= 11 is 0. The van der Waals surface area contributed by atoms with Gasteiger partial charge in [0.1, 0.15) is 5.41 Å². The summed E-state index contributed by atoms with van der Waals surface area (Å²) in [5.41, 5.74) is 3.02. The molecule has 0 bridgehead atoms. The molecule has 0 aliphatic heterocycles. The van der Waals surface area contributed by atoms with E-state index in [-0.39, 0.29) is 0 Å². The second-order valence-corrected chi connectivity index (χ2v) is 4.78. The van der Waals surface area contributed by atoms with Crippen molar-refractivity contribution in [3.05, 3.63) is 23.0 Å². The van der Waals surface area contributed by atoms with E-state index in [0.717, 1.165) is 31.4 Å².